The first-order valence-electron chi connectivity index (χ1n) is 5.42. The maximum atomic E-state index is 11.5. The molecule has 1 aromatic rings. The summed E-state index contributed by atoms with van der Waals surface area (Å²) in [5, 5.41) is 5.37. The summed E-state index contributed by atoms with van der Waals surface area (Å²) in [6, 6.07) is 7.01. The van der Waals surface area contributed by atoms with Crippen LogP contribution in [0.5, 0.6) is 0 Å². The fourth-order valence-electron chi connectivity index (χ4n) is 1.32. The Kier molecular flexibility index (Phi) is 5.49. The lowest BCUT2D eigenvalue weighted by Gasteiger charge is -2.11. The monoisotopic (exact) mass is 254 g/mol. The van der Waals surface area contributed by atoms with E-state index in [1.54, 1.807) is 24.3 Å². The van der Waals surface area contributed by atoms with Gasteiger partial charge in [-0.1, -0.05) is 19.1 Å². The predicted molar refractivity (Wildman–Crippen MR) is 69.3 cm³/mol. The molecule has 0 saturated carbocycles. The molecule has 0 radical (unpaired) electrons. The highest BCUT2D eigenvalue weighted by atomic mass is 35.5. The summed E-state index contributed by atoms with van der Waals surface area (Å²) in [5.74, 6) is -0.485. The third-order valence-corrected chi connectivity index (χ3v) is 2.32. The number of halogens is 1. The molecular formula is C12H15ClN2O2. The van der Waals surface area contributed by atoms with E-state index in [0.717, 1.165) is 6.42 Å². The molecule has 0 aliphatic heterocycles. The quantitative estimate of drug-likeness (QED) is 0.794. The highest BCUT2D eigenvalue weighted by molar-refractivity contribution is 6.29. The Morgan fingerprint density at radius 2 is 1.65 bits per heavy atom. The highest BCUT2D eigenvalue weighted by Crippen LogP contribution is 2.21. The van der Waals surface area contributed by atoms with Gasteiger partial charge in [0.05, 0.1) is 11.4 Å². The molecule has 0 aliphatic carbocycles. The van der Waals surface area contributed by atoms with E-state index in [-0.39, 0.29) is 17.7 Å². The number of anilines is 2. The number of hydrogen-bond donors (Lipinski definition) is 2. The van der Waals surface area contributed by atoms with Crippen LogP contribution in [0.25, 0.3) is 0 Å². The molecule has 2 amide bonds. The van der Waals surface area contributed by atoms with Crippen LogP contribution in [0.1, 0.15) is 19.8 Å². The number of carbonyl (C=O) groups is 2. The van der Waals surface area contributed by atoms with E-state index in [1.165, 1.54) is 0 Å². The number of rotatable bonds is 5. The van der Waals surface area contributed by atoms with Crippen LogP contribution in [0.4, 0.5) is 11.4 Å². The number of hydrogen-bond acceptors (Lipinski definition) is 2. The van der Waals surface area contributed by atoms with Crippen LogP contribution in [0.2, 0.25) is 0 Å². The lowest BCUT2D eigenvalue weighted by atomic mass is 10.2. The van der Waals surface area contributed by atoms with Gasteiger partial charge in [0.2, 0.25) is 11.8 Å². The summed E-state index contributed by atoms with van der Waals surface area (Å²) < 4.78 is 0. The Bertz CT molecular complexity index is 407. The molecule has 0 bridgehead atoms. The van der Waals surface area contributed by atoms with Crippen LogP contribution in [-0.4, -0.2) is 17.7 Å². The minimum Gasteiger partial charge on any atom is -0.324 e. The van der Waals surface area contributed by atoms with Gasteiger partial charge in [-0.25, -0.2) is 0 Å². The second kappa shape index (κ2) is 6.91. The van der Waals surface area contributed by atoms with Gasteiger partial charge in [0.1, 0.15) is 5.88 Å². The summed E-state index contributed by atoms with van der Waals surface area (Å²) in [6.07, 6.45) is 1.24. The van der Waals surface area contributed by atoms with Gasteiger partial charge in [-0.05, 0) is 18.6 Å². The number of alkyl halides is 1. The molecule has 0 heterocycles. The summed E-state index contributed by atoms with van der Waals surface area (Å²) in [4.78, 5) is 22.7. The zero-order valence-electron chi connectivity index (χ0n) is 9.63. The smallest absolute Gasteiger partial charge is 0.239 e. The maximum Gasteiger partial charge on any atom is 0.239 e. The fraction of sp³-hybridized carbons (Fsp3) is 0.333. The van der Waals surface area contributed by atoms with Crippen LogP contribution in [0.3, 0.4) is 0 Å². The largest absolute Gasteiger partial charge is 0.324 e. The van der Waals surface area contributed by atoms with Crippen molar-refractivity contribution < 1.29 is 9.59 Å². The third-order valence-electron chi connectivity index (χ3n) is 2.07. The second-order valence-electron chi connectivity index (χ2n) is 3.53. The number of carbonyl (C=O) groups excluding carboxylic acids is 2. The van der Waals surface area contributed by atoms with Gasteiger partial charge in [0.15, 0.2) is 0 Å². The van der Waals surface area contributed by atoms with Gasteiger partial charge in [0, 0.05) is 6.42 Å². The summed E-state index contributed by atoms with van der Waals surface area (Å²) in [7, 11) is 0. The Labute approximate surface area is 105 Å². The minimum atomic E-state index is -0.302. The average Bonchev–Trinajstić information content (AvgIpc) is 2.31. The molecule has 17 heavy (non-hydrogen) atoms. The molecule has 2 N–H and O–H groups in total. The minimum absolute atomic E-state index is 0.0694. The van der Waals surface area contributed by atoms with E-state index >= 15 is 0 Å². The highest BCUT2D eigenvalue weighted by Gasteiger charge is 2.07. The van der Waals surface area contributed by atoms with Crippen LogP contribution in [0.15, 0.2) is 24.3 Å². The maximum absolute atomic E-state index is 11.5. The molecule has 0 spiro atoms. The molecule has 0 aliphatic rings. The Morgan fingerprint density at radius 3 is 2.12 bits per heavy atom. The number of benzene rings is 1. The molecule has 0 atom stereocenters. The molecule has 5 heteroatoms. The Balaban J connectivity index is 2.77. The first-order valence-corrected chi connectivity index (χ1v) is 5.95. The number of nitrogens with one attached hydrogen (secondary N) is 2. The summed E-state index contributed by atoms with van der Waals surface area (Å²) in [5.41, 5.74) is 1.15. The van der Waals surface area contributed by atoms with Crippen molar-refractivity contribution in [3.8, 4) is 0 Å². The average molecular weight is 255 g/mol. The van der Waals surface area contributed by atoms with E-state index in [9.17, 15) is 9.59 Å². The first-order chi connectivity index (χ1) is 8.17. The molecule has 0 fully saturated rings. The fourth-order valence-corrected chi connectivity index (χ4v) is 1.39. The normalized spacial score (nSPS) is 9.76. The van der Waals surface area contributed by atoms with Crippen molar-refractivity contribution in [3.05, 3.63) is 24.3 Å². The van der Waals surface area contributed by atoms with E-state index in [1.807, 2.05) is 6.92 Å². The SMILES string of the molecule is CCCC(=O)Nc1ccccc1NC(=O)CCl. The van der Waals surface area contributed by atoms with E-state index in [0.29, 0.717) is 17.8 Å². The third kappa shape index (κ3) is 4.44. The zero-order valence-corrected chi connectivity index (χ0v) is 10.4. The van der Waals surface area contributed by atoms with Gasteiger partial charge in [-0.2, -0.15) is 0 Å². The summed E-state index contributed by atoms with van der Waals surface area (Å²) >= 11 is 5.41. The van der Waals surface area contributed by atoms with E-state index < -0.39 is 0 Å². The van der Waals surface area contributed by atoms with Crippen LogP contribution in [-0.2, 0) is 9.59 Å². The molecule has 4 nitrogen and oxygen atoms in total. The second-order valence-corrected chi connectivity index (χ2v) is 3.79. The van der Waals surface area contributed by atoms with Crippen molar-refractivity contribution in [2.45, 2.75) is 19.8 Å². The molecule has 0 unspecified atom stereocenters. The van der Waals surface area contributed by atoms with Crippen molar-refractivity contribution in [2.75, 3.05) is 16.5 Å². The first kappa shape index (κ1) is 13.5. The number of amides is 2. The Morgan fingerprint density at radius 1 is 1.12 bits per heavy atom. The molecule has 0 aromatic heterocycles. The van der Waals surface area contributed by atoms with Crippen LogP contribution in [0, 0.1) is 0 Å². The van der Waals surface area contributed by atoms with Gasteiger partial charge in [-0.15, -0.1) is 11.6 Å². The Hall–Kier alpha value is -1.55. The van der Waals surface area contributed by atoms with Crippen molar-refractivity contribution in [1.29, 1.82) is 0 Å². The predicted octanol–water partition coefficient (Wildman–Crippen LogP) is 2.60. The topological polar surface area (TPSA) is 58.2 Å². The number of para-hydroxylation sites is 2. The van der Waals surface area contributed by atoms with Crippen molar-refractivity contribution >= 4 is 34.8 Å². The van der Waals surface area contributed by atoms with Crippen molar-refractivity contribution in [1.82, 2.24) is 0 Å². The van der Waals surface area contributed by atoms with E-state index in [4.69, 9.17) is 11.6 Å². The molecule has 92 valence electrons. The van der Waals surface area contributed by atoms with Gasteiger partial charge >= 0.3 is 0 Å². The van der Waals surface area contributed by atoms with Gasteiger partial charge in [0.25, 0.3) is 0 Å². The van der Waals surface area contributed by atoms with Crippen LogP contribution < -0.4 is 10.6 Å². The van der Waals surface area contributed by atoms with Crippen molar-refractivity contribution in [2.24, 2.45) is 0 Å². The molecule has 1 aromatic carbocycles. The summed E-state index contributed by atoms with van der Waals surface area (Å²) in [6.45, 7) is 1.93. The molecule has 0 saturated heterocycles. The lowest BCUT2D eigenvalue weighted by Crippen LogP contribution is -2.16. The van der Waals surface area contributed by atoms with Gasteiger partial charge in [-0.3, -0.25) is 9.59 Å². The lowest BCUT2D eigenvalue weighted by molar-refractivity contribution is -0.116. The van der Waals surface area contributed by atoms with E-state index in [2.05, 4.69) is 10.6 Å². The molecule has 1 rings (SSSR count). The van der Waals surface area contributed by atoms with Gasteiger partial charge < -0.3 is 10.6 Å². The zero-order chi connectivity index (χ0) is 12.7. The van der Waals surface area contributed by atoms with Crippen molar-refractivity contribution in [3.63, 3.8) is 0 Å². The van der Waals surface area contributed by atoms with Crippen LogP contribution >= 0.6 is 11.6 Å². The molecular weight excluding hydrogens is 240 g/mol. The standard InChI is InChI=1S/C12H15ClN2O2/c1-2-5-11(16)14-9-6-3-4-7-10(9)15-12(17)8-13/h3-4,6-7H,2,5,8H2,1H3,(H,14,16)(H,15,17).